The fourth-order valence-electron chi connectivity index (χ4n) is 1.71. The van der Waals surface area contributed by atoms with Crippen molar-refractivity contribution in [3.8, 4) is 0 Å². The zero-order valence-electron chi connectivity index (χ0n) is 8.78. The monoisotopic (exact) mass is 334 g/mol. The summed E-state index contributed by atoms with van der Waals surface area (Å²) in [5, 5.41) is 0.685. The van der Waals surface area contributed by atoms with Crippen molar-refractivity contribution in [2.75, 3.05) is 6.61 Å². The minimum absolute atomic E-state index is 0.429. The fourth-order valence-corrected chi connectivity index (χ4v) is 3.29. The van der Waals surface area contributed by atoms with Crippen LogP contribution in [-0.2, 0) is 10.5 Å². The van der Waals surface area contributed by atoms with Crippen molar-refractivity contribution in [3.63, 3.8) is 0 Å². The lowest BCUT2D eigenvalue weighted by atomic mass is 10.2. The molecule has 82 valence electrons. The average molecular weight is 334 g/mol. The molecule has 0 saturated carbocycles. The highest BCUT2D eigenvalue weighted by Crippen LogP contribution is 2.28. The first-order valence-electron chi connectivity index (χ1n) is 5.23. The lowest BCUT2D eigenvalue weighted by Gasteiger charge is -2.13. The third-order valence-electron chi connectivity index (χ3n) is 2.68. The Bertz CT molecular complexity index is 312. The molecule has 0 N–H and O–H groups in total. The molecule has 2 unspecified atom stereocenters. The SMILES string of the molecule is CC1OCCC1SCc1ccc(I)cc1. The summed E-state index contributed by atoms with van der Waals surface area (Å²) in [6.07, 6.45) is 1.63. The average Bonchev–Trinajstić information content (AvgIpc) is 2.63. The predicted octanol–water partition coefficient (Wildman–Crippen LogP) is 3.70. The van der Waals surface area contributed by atoms with Crippen molar-refractivity contribution in [3.05, 3.63) is 33.4 Å². The Balaban J connectivity index is 1.85. The van der Waals surface area contributed by atoms with Gasteiger partial charge in [0.2, 0.25) is 0 Å². The van der Waals surface area contributed by atoms with Crippen LogP contribution in [0.4, 0.5) is 0 Å². The molecule has 3 heteroatoms. The summed E-state index contributed by atoms with van der Waals surface area (Å²) in [6, 6.07) is 8.78. The molecule has 0 spiro atoms. The maximum Gasteiger partial charge on any atom is 0.0666 e. The van der Waals surface area contributed by atoms with Gasteiger partial charge in [0.15, 0.2) is 0 Å². The third-order valence-corrected chi connectivity index (χ3v) is 4.95. The highest BCUT2D eigenvalue weighted by Gasteiger charge is 2.24. The number of hydrogen-bond donors (Lipinski definition) is 0. The van der Waals surface area contributed by atoms with Gasteiger partial charge in [0, 0.05) is 21.2 Å². The van der Waals surface area contributed by atoms with E-state index < -0.39 is 0 Å². The second-order valence-corrected chi connectivity index (χ2v) is 6.31. The van der Waals surface area contributed by atoms with Crippen molar-refractivity contribution in [1.29, 1.82) is 0 Å². The lowest BCUT2D eigenvalue weighted by Crippen LogP contribution is -2.13. The molecule has 1 saturated heterocycles. The van der Waals surface area contributed by atoms with E-state index in [-0.39, 0.29) is 0 Å². The Hall–Kier alpha value is 0.260. The van der Waals surface area contributed by atoms with Gasteiger partial charge >= 0.3 is 0 Å². The third kappa shape index (κ3) is 3.36. The van der Waals surface area contributed by atoms with Crippen LogP contribution in [0.3, 0.4) is 0 Å². The maximum absolute atomic E-state index is 5.55. The van der Waals surface area contributed by atoms with Crippen LogP contribution < -0.4 is 0 Å². The van der Waals surface area contributed by atoms with Gasteiger partial charge in [0.05, 0.1) is 6.10 Å². The number of halogens is 1. The Labute approximate surface area is 109 Å². The Kier molecular flexibility index (Phi) is 4.34. The summed E-state index contributed by atoms with van der Waals surface area (Å²) in [5.41, 5.74) is 1.42. The van der Waals surface area contributed by atoms with Gasteiger partial charge in [-0.25, -0.2) is 0 Å². The van der Waals surface area contributed by atoms with E-state index in [1.165, 1.54) is 15.6 Å². The first-order valence-corrected chi connectivity index (χ1v) is 7.36. The molecular weight excluding hydrogens is 319 g/mol. The number of ether oxygens (including phenoxy) is 1. The van der Waals surface area contributed by atoms with Crippen molar-refractivity contribution in [2.24, 2.45) is 0 Å². The predicted molar refractivity (Wildman–Crippen MR) is 74.3 cm³/mol. The smallest absolute Gasteiger partial charge is 0.0666 e. The molecule has 1 fully saturated rings. The largest absolute Gasteiger partial charge is 0.377 e. The molecule has 1 aromatic carbocycles. The van der Waals surface area contributed by atoms with E-state index in [1.807, 2.05) is 11.8 Å². The molecule has 2 atom stereocenters. The minimum Gasteiger partial charge on any atom is -0.377 e. The molecule has 0 aromatic heterocycles. The fraction of sp³-hybridized carbons (Fsp3) is 0.500. The van der Waals surface area contributed by atoms with Gasteiger partial charge in [0.1, 0.15) is 0 Å². The highest BCUT2D eigenvalue weighted by atomic mass is 127. The molecule has 0 amide bonds. The minimum atomic E-state index is 0.429. The number of benzene rings is 1. The molecule has 1 aliphatic heterocycles. The molecule has 0 bridgehead atoms. The molecule has 1 nitrogen and oxygen atoms in total. The van der Waals surface area contributed by atoms with Crippen LogP contribution in [0.2, 0.25) is 0 Å². The summed E-state index contributed by atoms with van der Waals surface area (Å²) in [6.45, 7) is 3.12. The Morgan fingerprint density at radius 2 is 2.13 bits per heavy atom. The van der Waals surface area contributed by atoms with Gasteiger partial charge in [0.25, 0.3) is 0 Å². The van der Waals surface area contributed by atoms with Gasteiger partial charge < -0.3 is 4.74 Å². The normalized spacial score (nSPS) is 25.7. The molecule has 15 heavy (non-hydrogen) atoms. The molecular formula is C12H15IOS. The summed E-state index contributed by atoms with van der Waals surface area (Å²) < 4.78 is 6.86. The molecule has 2 rings (SSSR count). The van der Waals surface area contributed by atoms with E-state index >= 15 is 0 Å². The zero-order valence-corrected chi connectivity index (χ0v) is 11.8. The summed E-state index contributed by atoms with van der Waals surface area (Å²) in [5.74, 6) is 1.11. The topological polar surface area (TPSA) is 9.23 Å². The first kappa shape index (κ1) is 11.7. The van der Waals surface area contributed by atoms with E-state index in [9.17, 15) is 0 Å². The van der Waals surface area contributed by atoms with E-state index in [4.69, 9.17) is 4.74 Å². The van der Waals surface area contributed by atoms with Crippen LogP contribution in [0.5, 0.6) is 0 Å². The molecule has 1 aliphatic rings. The lowest BCUT2D eigenvalue weighted by molar-refractivity contribution is 0.127. The van der Waals surface area contributed by atoms with Crippen molar-refractivity contribution in [1.82, 2.24) is 0 Å². The van der Waals surface area contributed by atoms with Crippen LogP contribution in [0, 0.1) is 3.57 Å². The van der Waals surface area contributed by atoms with E-state index in [0.717, 1.165) is 12.4 Å². The number of hydrogen-bond acceptors (Lipinski definition) is 2. The molecule has 1 aromatic rings. The van der Waals surface area contributed by atoms with Crippen molar-refractivity contribution in [2.45, 2.75) is 30.5 Å². The van der Waals surface area contributed by atoms with Gasteiger partial charge in [-0.05, 0) is 53.6 Å². The first-order chi connectivity index (χ1) is 7.25. The molecule has 1 heterocycles. The summed E-state index contributed by atoms with van der Waals surface area (Å²) in [7, 11) is 0. The van der Waals surface area contributed by atoms with Gasteiger partial charge in [-0.2, -0.15) is 11.8 Å². The number of thioether (sulfide) groups is 1. The van der Waals surface area contributed by atoms with E-state index in [1.54, 1.807) is 0 Å². The summed E-state index contributed by atoms with van der Waals surface area (Å²) >= 11 is 4.36. The van der Waals surface area contributed by atoms with Gasteiger partial charge in [-0.1, -0.05) is 12.1 Å². The van der Waals surface area contributed by atoms with Gasteiger partial charge in [-0.3, -0.25) is 0 Å². The molecule has 0 aliphatic carbocycles. The second kappa shape index (κ2) is 5.55. The van der Waals surface area contributed by atoms with Crippen molar-refractivity contribution >= 4 is 34.4 Å². The van der Waals surface area contributed by atoms with E-state index in [2.05, 4.69) is 53.8 Å². The summed E-state index contributed by atoms with van der Waals surface area (Å²) in [4.78, 5) is 0. The van der Waals surface area contributed by atoms with E-state index in [0.29, 0.717) is 11.4 Å². The van der Waals surface area contributed by atoms with Crippen LogP contribution in [0.15, 0.2) is 24.3 Å². The number of rotatable bonds is 3. The van der Waals surface area contributed by atoms with Crippen LogP contribution in [0.25, 0.3) is 0 Å². The molecule has 0 radical (unpaired) electrons. The Morgan fingerprint density at radius 1 is 1.40 bits per heavy atom. The second-order valence-electron chi connectivity index (χ2n) is 3.84. The van der Waals surface area contributed by atoms with Crippen molar-refractivity contribution < 1.29 is 4.74 Å². The van der Waals surface area contributed by atoms with Gasteiger partial charge in [-0.15, -0.1) is 0 Å². The Morgan fingerprint density at radius 3 is 2.73 bits per heavy atom. The van der Waals surface area contributed by atoms with Crippen LogP contribution >= 0.6 is 34.4 Å². The highest BCUT2D eigenvalue weighted by molar-refractivity contribution is 14.1. The van der Waals surface area contributed by atoms with Crippen LogP contribution in [0.1, 0.15) is 18.9 Å². The quantitative estimate of drug-likeness (QED) is 0.780. The zero-order chi connectivity index (χ0) is 10.7. The standard InChI is InChI=1S/C12H15IOS/c1-9-12(6-7-14-9)15-8-10-2-4-11(13)5-3-10/h2-5,9,12H,6-8H2,1H3. The maximum atomic E-state index is 5.55. The van der Waals surface area contributed by atoms with Crippen LogP contribution in [-0.4, -0.2) is 18.0 Å².